The van der Waals surface area contributed by atoms with Crippen LogP contribution in [0.15, 0.2) is 23.7 Å². The number of carbonyl (C=O) groups excluding carboxylic acids is 2. The number of hydrogen-bond acceptors (Lipinski definition) is 5. The van der Waals surface area contributed by atoms with Crippen LogP contribution in [0, 0.1) is 13.8 Å². The average molecular weight is 316 g/mol. The highest BCUT2D eigenvalue weighted by Gasteiger charge is 2.26. The number of amides is 2. The van der Waals surface area contributed by atoms with Gasteiger partial charge in [-0.3, -0.25) is 14.5 Å². The lowest BCUT2D eigenvalue weighted by Crippen LogP contribution is -2.44. The van der Waals surface area contributed by atoms with Gasteiger partial charge < -0.3 is 10.6 Å². The molecule has 0 saturated heterocycles. The predicted molar refractivity (Wildman–Crippen MR) is 87.5 cm³/mol. The van der Waals surface area contributed by atoms with Gasteiger partial charge in [-0.2, -0.15) is 0 Å². The standard InChI is InChI=1S/C15H16N4O2S/c1-9-5-11-12(6-10(9)2)19(14(21)7-17-11)8-13(20)18-15-16-3-4-22-15/h3-6,17H,7-8H2,1-2H3,(H,16,18,20). The first-order valence-corrected chi connectivity index (χ1v) is 7.77. The summed E-state index contributed by atoms with van der Waals surface area (Å²) in [5, 5.41) is 8.12. The minimum Gasteiger partial charge on any atom is -0.374 e. The summed E-state index contributed by atoms with van der Waals surface area (Å²) in [6.07, 6.45) is 1.62. The summed E-state index contributed by atoms with van der Waals surface area (Å²) < 4.78 is 0. The van der Waals surface area contributed by atoms with Gasteiger partial charge in [0.05, 0.1) is 17.9 Å². The largest absolute Gasteiger partial charge is 0.374 e. The third-order valence-corrected chi connectivity index (χ3v) is 4.30. The minimum atomic E-state index is -0.255. The van der Waals surface area contributed by atoms with Crippen LogP contribution in [0.1, 0.15) is 11.1 Å². The molecule has 1 aromatic carbocycles. The normalized spacial score (nSPS) is 13.5. The fraction of sp³-hybridized carbons (Fsp3) is 0.267. The Morgan fingerprint density at radius 1 is 1.41 bits per heavy atom. The molecule has 0 aliphatic carbocycles. The molecular weight excluding hydrogens is 300 g/mol. The number of benzene rings is 1. The van der Waals surface area contributed by atoms with E-state index in [2.05, 4.69) is 15.6 Å². The van der Waals surface area contributed by atoms with Crippen LogP contribution in [0.4, 0.5) is 16.5 Å². The lowest BCUT2D eigenvalue weighted by atomic mass is 10.1. The summed E-state index contributed by atoms with van der Waals surface area (Å²) in [5.41, 5.74) is 3.85. The number of carbonyl (C=O) groups is 2. The molecule has 0 bridgehead atoms. The molecule has 22 heavy (non-hydrogen) atoms. The number of aryl methyl sites for hydroxylation is 2. The van der Waals surface area contributed by atoms with Crippen molar-refractivity contribution in [1.82, 2.24) is 4.98 Å². The Bertz CT molecular complexity index is 727. The molecule has 1 aliphatic rings. The lowest BCUT2D eigenvalue weighted by molar-refractivity contribution is -0.120. The Balaban J connectivity index is 1.83. The van der Waals surface area contributed by atoms with Gasteiger partial charge in [0.2, 0.25) is 11.8 Å². The maximum absolute atomic E-state index is 12.2. The van der Waals surface area contributed by atoms with E-state index in [1.165, 1.54) is 16.2 Å². The molecule has 2 aromatic rings. The number of fused-ring (bicyclic) bond motifs is 1. The Morgan fingerprint density at radius 3 is 2.91 bits per heavy atom. The second kappa shape index (κ2) is 5.76. The van der Waals surface area contributed by atoms with E-state index in [-0.39, 0.29) is 24.9 Å². The van der Waals surface area contributed by atoms with Gasteiger partial charge in [0.1, 0.15) is 6.54 Å². The van der Waals surface area contributed by atoms with E-state index < -0.39 is 0 Å². The monoisotopic (exact) mass is 316 g/mol. The van der Waals surface area contributed by atoms with Crippen molar-refractivity contribution in [2.45, 2.75) is 13.8 Å². The van der Waals surface area contributed by atoms with Gasteiger partial charge in [0.15, 0.2) is 5.13 Å². The van der Waals surface area contributed by atoms with Gasteiger partial charge in [0.25, 0.3) is 0 Å². The van der Waals surface area contributed by atoms with Crippen molar-refractivity contribution in [3.05, 3.63) is 34.8 Å². The van der Waals surface area contributed by atoms with E-state index in [0.717, 1.165) is 22.5 Å². The second-order valence-corrected chi connectivity index (χ2v) is 6.07. The van der Waals surface area contributed by atoms with Crippen molar-refractivity contribution in [3.8, 4) is 0 Å². The number of anilines is 3. The molecule has 0 saturated carbocycles. The minimum absolute atomic E-state index is 0.0183. The lowest BCUT2D eigenvalue weighted by Gasteiger charge is -2.30. The van der Waals surface area contributed by atoms with E-state index in [1.807, 2.05) is 26.0 Å². The smallest absolute Gasteiger partial charge is 0.246 e. The molecule has 2 heterocycles. The summed E-state index contributed by atoms with van der Waals surface area (Å²) in [4.78, 5) is 29.8. The highest BCUT2D eigenvalue weighted by molar-refractivity contribution is 7.13. The van der Waals surface area contributed by atoms with Crippen molar-refractivity contribution in [3.63, 3.8) is 0 Å². The van der Waals surface area contributed by atoms with Crippen LogP contribution in [0.5, 0.6) is 0 Å². The first-order chi connectivity index (χ1) is 10.5. The number of thiazole rings is 1. The molecule has 1 aromatic heterocycles. The molecule has 3 rings (SSSR count). The zero-order valence-corrected chi connectivity index (χ0v) is 13.2. The van der Waals surface area contributed by atoms with E-state index in [0.29, 0.717) is 5.13 Å². The predicted octanol–water partition coefficient (Wildman–Crippen LogP) is 2.16. The number of nitrogens with one attached hydrogen (secondary N) is 2. The molecule has 2 N–H and O–H groups in total. The van der Waals surface area contributed by atoms with Gasteiger partial charge in [-0.15, -0.1) is 11.3 Å². The molecule has 0 radical (unpaired) electrons. The topological polar surface area (TPSA) is 74.3 Å². The first-order valence-electron chi connectivity index (χ1n) is 6.89. The zero-order chi connectivity index (χ0) is 15.7. The third kappa shape index (κ3) is 2.80. The number of hydrogen-bond donors (Lipinski definition) is 2. The molecule has 1 aliphatic heterocycles. The zero-order valence-electron chi connectivity index (χ0n) is 12.3. The molecule has 0 atom stereocenters. The van der Waals surface area contributed by atoms with Crippen LogP contribution in [-0.2, 0) is 9.59 Å². The maximum atomic E-state index is 12.2. The number of rotatable bonds is 3. The molecule has 0 fully saturated rings. The molecule has 6 nitrogen and oxygen atoms in total. The van der Waals surface area contributed by atoms with Crippen LogP contribution < -0.4 is 15.5 Å². The van der Waals surface area contributed by atoms with Crippen LogP contribution in [0.3, 0.4) is 0 Å². The number of nitrogens with zero attached hydrogens (tertiary/aromatic N) is 2. The summed E-state index contributed by atoms with van der Waals surface area (Å²) in [6, 6.07) is 3.94. The van der Waals surface area contributed by atoms with Gasteiger partial charge in [-0.05, 0) is 37.1 Å². The van der Waals surface area contributed by atoms with Crippen molar-refractivity contribution in [1.29, 1.82) is 0 Å². The van der Waals surface area contributed by atoms with Crippen LogP contribution in [0.25, 0.3) is 0 Å². The van der Waals surface area contributed by atoms with Crippen molar-refractivity contribution >= 4 is 39.7 Å². The van der Waals surface area contributed by atoms with Gasteiger partial charge >= 0.3 is 0 Å². The van der Waals surface area contributed by atoms with E-state index in [1.54, 1.807) is 11.6 Å². The van der Waals surface area contributed by atoms with Crippen molar-refractivity contribution in [2.24, 2.45) is 0 Å². The van der Waals surface area contributed by atoms with Crippen molar-refractivity contribution < 1.29 is 9.59 Å². The molecule has 0 spiro atoms. The first kappa shape index (κ1) is 14.5. The molecule has 0 unspecified atom stereocenters. The Kier molecular flexibility index (Phi) is 3.81. The maximum Gasteiger partial charge on any atom is 0.246 e. The van der Waals surface area contributed by atoms with E-state index >= 15 is 0 Å². The molecular formula is C15H16N4O2S. The van der Waals surface area contributed by atoms with E-state index in [4.69, 9.17) is 0 Å². The van der Waals surface area contributed by atoms with E-state index in [9.17, 15) is 9.59 Å². The second-order valence-electron chi connectivity index (χ2n) is 5.17. The quantitative estimate of drug-likeness (QED) is 0.910. The Morgan fingerprint density at radius 2 is 2.18 bits per heavy atom. The Labute approximate surface area is 132 Å². The van der Waals surface area contributed by atoms with Crippen LogP contribution in [-0.4, -0.2) is 29.9 Å². The van der Waals surface area contributed by atoms with Crippen LogP contribution in [0.2, 0.25) is 0 Å². The summed E-state index contributed by atoms with van der Waals surface area (Å²) in [6.45, 7) is 4.19. The van der Waals surface area contributed by atoms with Gasteiger partial charge in [-0.25, -0.2) is 4.98 Å². The molecule has 2 amide bonds. The molecule has 7 heteroatoms. The Hall–Kier alpha value is -2.41. The highest BCUT2D eigenvalue weighted by Crippen LogP contribution is 2.32. The third-order valence-electron chi connectivity index (χ3n) is 3.61. The SMILES string of the molecule is Cc1cc2c(cc1C)N(CC(=O)Nc1nccs1)C(=O)CN2. The summed E-state index contributed by atoms with van der Waals surface area (Å²) in [7, 11) is 0. The average Bonchev–Trinajstić information content (AvgIpc) is 2.97. The van der Waals surface area contributed by atoms with Crippen LogP contribution >= 0.6 is 11.3 Å². The fourth-order valence-electron chi connectivity index (χ4n) is 2.33. The van der Waals surface area contributed by atoms with Gasteiger partial charge in [-0.1, -0.05) is 0 Å². The van der Waals surface area contributed by atoms with Gasteiger partial charge in [0, 0.05) is 11.6 Å². The molecule has 114 valence electrons. The number of aromatic nitrogens is 1. The van der Waals surface area contributed by atoms with Crippen molar-refractivity contribution in [2.75, 3.05) is 28.6 Å². The summed E-state index contributed by atoms with van der Waals surface area (Å²) in [5.74, 6) is -0.376. The fourth-order valence-corrected chi connectivity index (χ4v) is 2.87. The highest BCUT2D eigenvalue weighted by atomic mass is 32.1. The summed E-state index contributed by atoms with van der Waals surface area (Å²) >= 11 is 1.35.